The lowest BCUT2D eigenvalue weighted by Crippen LogP contribution is -2.45. The molecule has 3 aromatic carbocycles. The van der Waals surface area contributed by atoms with Crippen LogP contribution in [0, 0.1) is 0 Å². The molecule has 0 radical (unpaired) electrons. The third-order valence-corrected chi connectivity index (χ3v) is 5.65. The minimum absolute atomic E-state index is 0.0912. The topological polar surface area (TPSA) is 96.6 Å². The van der Waals surface area contributed by atoms with Gasteiger partial charge in [-0.3, -0.25) is 9.59 Å². The molecular formula is C25H23ClN4O2. The predicted molar refractivity (Wildman–Crippen MR) is 127 cm³/mol. The number of para-hydroxylation sites is 1. The summed E-state index contributed by atoms with van der Waals surface area (Å²) in [5.74, 6) is -0.743. The second-order valence-electron chi connectivity index (χ2n) is 7.59. The van der Waals surface area contributed by atoms with Crippen LogP contribution in [0.1, 0.15) is 29.2 Å². The molecule has 0 aliphatic carbocycles. The Kier molecular flexibility index (Phi) is 6.52. The number of amidine groups is 1. The quantitative estimate of drug-likeness (QED) is 0.409. The molecule has 1 aliphatic rings. The number of aliphatic imine (C=N–C) groups is 1. The van der Waals surface area contributed by atoms with E-state index in [1.54, 1.807) is 36.4 Å². The lowest BCUT2D eigenvalue weighted by molar-refractivity contribution is -0.128. The first kappa shape index (κ1) is 21.6. The van der Waals surface area contributed by atoms with Gasteiger partial charge in [-0.15, -0.1) is 0 Å². The van der Waals surface area contributed by atoms with E-state index in [0.29, 0.717) is 22.6 Å². The van der Waals surface area contributed by atoms with Gasteiger partial charge in [-0.2, -0.15) is 4.99 Å². The maximum absolute atomic E-state index is 13.1. The number of benzene rings is 3. The number of aryl methyl sites for hydroxylation is 1. The van der Waals surface area contributed by atoms with Gasteiger partial charge in [0.05, 0.1) is 0 Å². The summed E-state index contributed by atoms with van der Waals surface area (Å²) in [6, 6.07) is 22.2. The number of hydrogen-bond donors (Lipinski definition) is 3. The SMILES string of the molecule is NC(=NC(=O)C(NC(=O)C1CCc2ccccc2N1)c1ccc(Cl)cc1)c1ccccc1. The first-order valence-electron chi connectivity index (χ1n) is 10.3. The van der Waals surface area contributed by atoms with Crippen molar-refractivity contribution in [3.63, 3.8) is 0 Å². The highest BCUT2D eigenvalue weighted by Crippen LogP contribution is 2.25. The van der Waals surface area contributed by atoms with E-state index < -0.39 is 18.0 Å². The van der Waals surface area contributed by atoms with Crippen molar-refractivity contribution in [3.05, 3.63) is 101 Å². The Hall–Kier alpha value is -3.64. The molecule has 0 saturated carbocycles. The van der Waals surface area contributed by atoms with E-state index in [-0.39, 0.29) is 11.7 Å². The van der Waals surface area contributed by atoms with Crippen molar-refractivity contribution in [2.24, 2.45) is 10.7 Å². The van der Waals surface area contributed by atoms with Gasteiger partial charge in [0.1, 0.15) is 17.9 Å². The van der Waals surface area contributed by atoms with Crippen molar-refractivity contribution in [3.8, 4) is 0 Å². The molecule has 162 valence electrons. The number of carbonyl (C=O) groups excluding carboxylic acids is 2. The van der Waals surface area contributed by atoms with Crippen LogP contribution in [-0.4, -0.2) is 23.7 Å². The number of rotatable bonds is 5. The van der Waals surface area contributed by atoms with E-state index in [1.807, 2.05) is 42.5 Å². The van der Waals surface area contributed by atoms with Crippen LogP contribution >= 0.6 is 11.6 Å². The Balaban J connectivity index is 1.56. The summed E-state index contributed by atoms with van der Waals surface area (Å²) in [5, 5.41) is 6.65. The number of anilines is 1. The average molecular weight is 447 g/mol. The maximum atomic E-state index is 13.1. The molecule has 4 N–H and O–H groups in total. The third-order valence-electron chi connectivity index (χ3n) is 5.40. The molecule has 1 aliphatic heterocycles. The van der Waals surface area contributed by atoms with Gasteiger partial charge in [-0.05, 0) is 42.2 Å². The van der Waals surface area contributed by atoms with Crippen molar-refractivity contribution in [1.82, 2.24) is 5.32 Å². The lowest BCUT2D eigenvalue weighted by Gasteiger charge is -2.27. The summed E-state index contributed by atoms with van der Waals surface area (Å²) in [5.41, 5.74) is 9.35. The summed E-state index contributed by atoms with van der Waals surface area (Å²) >= 11 is 6.01. The van der Waals surface area contributed by atoms with Crippen LogP contribution < -0.4 is 16.4 Å². The van der Waals surface area contributed by atoms with Crippen LogP contribution in [0.3, 0.4) is 0 Å². The molecule has 6 nitrogen and oxygen atoms in total. The molecule has 2 amide bonds. The Labute approximate surface area is 191 Å². The Morgan fingerprint density at radius 1 is 1.00 bits per heavy atom. The van der Waals surface area contributed by atoms with Gasteiger partial charge in [0.15, 0.2) is 0 Å². The average Bonchev–Trinajstić information content (AvgIpc) is 2.83. The van der Waals surface area contributed by atoms with Gasteiger partial charge < -0.3 is 16.4 Å². The molecule has 0 saturated heterocycles. The van der Waals surface area contributed by atoms with Crippen molar-refractivity contribution in [2.75, 3.05) is 5.32 Å². The summed E-state index contributed by atoms with van der Waals surface area (Å²) in [6.45, 7) is 0. The molecule has 0 aromatic heterocycles. The van der Waals surface area contributed by atoms with Gasteiger partial charge in [0, 0.05) is 16.3 Å². The van der Waals surface area contributed by atoms with E-state index in [1.165, 1.54) is 5.56 Å². The normalized spacial score (nSPS) is 16.4. The van der Waals surface area contributed by atoms with Crippen molar-refractivity contribution in [2.45, 2.75) is 24.9 Å². The zero-order valence-electron chi connectivity index (χ0n) is 17.3. The van der Waals surface area contributed by atoms with E-state index >= 15 is 0 Å². The van der Waals surface area contributed by atoms with Gasteiger partial charge in [0.2, 0.25) is 5.91 Å². The van der Waals surface area contributed by atoms with Crippen LogP contribution in [0.25, 0.3) is 0 Å². The summed E-state index contributed by atoms with van der Waals surface area (Å²) in [4.78, 5) is 30.2. The molecule has 2 unspecified atom stereocenters. The second kappa shape index (κ2) is 9.66. The number of nitrogens with one attached hydrogen (secondary N) is 2. The van der Waals surface area contributed by atoms with Crippen LogP contribution in [-0.2, 0) is 16.0 Å². The molecule has 3 aromatic rings. The predicted octanol–water partition coefficient (Wildman–Crippen LogP) is 3.86. The van der Waals surface area contributed by atoms with Crippen molar-refractivity contribution < 1.29 is 9.59 Å². The molecule has 4 rings (SSSR count). The number of nitrogens with two attached hydrogens (primary N) is 1. The number of carbonyl (C=O) groups is 2. The smallest absolute Gasteiger partial charge is 0.274 e. The van der Waals surface area contributed by atoms with Gasteiger partial charge in [-0.1, -0.05) is 72.3 Å². The van der Waals surface area contributed by atoms with Crippen LogP contribution in [0.5, 0.6) is 0 Å². The highest BCUT2D eigenvalue weighted by molar-refractivity contribution is 6.30. The Morgan fingerprint density at radius 3 is 2.44 bits per heavy atom. The summed E-state index contributed by atoms with van der Waals surface area (Å²) < 4.78 is 0. The minimum atomic E-state index is -0.985. The third kappa shape index (κ3) is 4.98. The van der Waals surface area contributed by atoms with E-state index in [0.717, 1.165) is 12.1 Å². The van der Waals surface area contributed by atoms with E-state index in [2.05, 4.69) is 15.6 Å². The highest BCUT2D eigenvalue weighted by atomic mass is 35.5. The van der Waals surface area contributed by atoms with Gasteiger partial charge in [0.25, 0.3) is 5.91 Å². The maximum Gasteiger partial charge on any atom is 0.274 e. The zero-order valence-corrected chi connectivity index (χ0v) is 18.0. The van der Waals surface area contributed by atoms with Crippen LogP contribution in [0.4, 0.5) is 5.69 Å². The number of hydrogen-bond acceptors (Lipinski definition) is 3. The van der Waals surface area contributed by atoms with Crippen LogP contribution in [0.15, 0.2) is 83.9 Å². The van der Waals surface area contributed by atoms with Gasteiger partial charge >= 0.3 is 0 Å². The van der Waals surface area contributed by atoms with E-state index in [4.69, 9.17) is 17.3 Å². The molecule has 1 heterocycles. The fourth-order valence-corrected chi connectivity index (χ4v) is 3.80. The van der Waals surface area contributed by atoms with Crippen molar-refractivity contribution >= 4 is 34.9 Å². The molecule has 0 spiro atoms. The zero-order chi connectivity index (χ0) is 22.5. The molecule has 32 heavy (non-hydrogen) atoms. The second-order valence-corrected chi connectivity index (χ2v) is 8.02. The molecule has 0 fully saturated rings. The monoisotopic (exact) mass is 446 g/mol. The first-order valence-corrected chi connectivity index (χ1v) is 10.7. The molecule has 2 atom stereocenters. The number of nitrogens with zero attached hydrogens (tertiary/aromatic N) is 1. The Bertz CT molecular complexity index is 1150. The molecular weight excluding hydrogens is 424 g/mol. The molecule has 0 bridgehead atoms. The largest absolute Gasteiger partial charge is 0.383 e. The summed E-state index contributed by atoms with van der Waals surface area (Å²) in [7, 11) is 0. The fourth-order valence-electron chi connectivity index (χ4n) is 3.68. The lowest BCUT2D eigenvalue weighted by atomic mass is 9.97. The van der Waals surface area contributed by atoms with E-state index in [9.17, 15) is 9.59 Å². The number of amides is 2. The van der Waals surface area contributed by atoms with Gasteiger partial charge in [-0.25, -0.2) is 0 Å². The fraction of sp³-hybridized carbons (Fsp3) is 0.160. The number of fused-ring (bicyclic) bond motifs is 1. The Morgan fingerprint density at radius 2 is 1.69 bits per heavy atom. The van der Waals surface area contributed by atoms with Crippen molar-refractivity contribution in [1.29, 1.82) is 0 Å². The summed E-state index contributed by atoms with van der Waals surface area (Å²) in [6.07, 6.45) is 1.40. The number of halogens is 1. The first-order chi connectivity index (χ1) is 15.5. The minimum Gasteiger partial charge on any atom is -0.383 e. The van der Waals surface area contributed by atoms with Crippen LogP contribution in [0.2, 0.25) is 5.02 Å². The standard InChI is InChI=1S/C25H23ClN4O2/c26-19-13-10-17(11-14-19)22(25(32)30-23(27)18-7-2-1-3-8-18)29-24(31)21-15-12-16-6-4-5-9-20(16)28-21/h1-11,13-14,21-22,28H,12,15H2,(H,29,31)(H2,27,30,32). The molecule has 7 heteroatoms. The highest BCUT2D eigenvalue weighted by Gasteiger charge is 2.29.